The molecule has 0 bridgehead atoms. The Morgan fingerprint density at radius 2 is 0.815 bits per heavy atom. The molecule has 0 aliphatic heterocycles. The van der Waals surface area contributed by atoms with E-state index in [0.717, 1.165) is 6.92 Å². The first-order valence-corrected chi connectivity index (χ1v) is 18.3. The third-order valence-corrected chi connectivity index (χ3v) is 11.6. The van der Waals surface area contributed by atoms with Gasteiger partial charge in [0.05, 0.1) is 0 Å². The molecule has 0 heterocycles. The molecule has 0 spiro atoms. The molecule has 0 atom stereocenters. The zero-order valence-electron chi connectivity index (χ0n) is 19.5. The molecule has 0 amide bonds. The number of rotatable bonds is 18. The standard InChI is InChI=1S/C22H48As.C2H4O2/c1-5-7-9-11-13-15-17-19-21-23(3,4)22-20-18-16-14-12-10-8-6-2;1-2(3)4/h5-22H2,1-4H3;1H3,(H,3,4)/q+1;/p-1. The van der Waals surface area contributed by atoms with Gasteiger partial charge in [0.15, 0.2) is 0 Å². The van der Waals surface area contributed by atoms with Gasteiger partial charge < -0.3 is 9.90 Å². The Balaban J connectivity index is 0. The molecule has 0 N–H and O–H groups in total. The van der Waals surface area contributed by atoms with Crippen LogP contribution in [0, 0.1) is 0 Å². The van der Waals surface area contributed by atoms with Crippen LogP contribution in [0.15, 0.2) is 0 Å². The molecule has 0 radical (unpaired) electrons. The maximum atomic E-state index is 8.89. The van der Waals surface area contributed by atoms with E-state index >= 15 is 0 Å². The second-order valence-electron chi connectivity index (χ2n) is 8.82. The Kier molecular flexibility index (Phi) is 24.2. The van der Waals surface area contributed by atoms with Crippen LogP contribution in [-0.4, -0.2) is 19.5 Å². The summed E-state index contributed by atoms with van der Waals surface area (Å²) in [6.45, 7) is 5.58. The number of unbranched alkanes of at least 4 members (excludes halogenated alkanes) is 14. The summed E-state index contributed by atoms with van der Waals surface area (Å²) in [6, 6.07) is 0. The third-order valence-electron chi connectivity index (χ3n) is 5.23. The second-order valence-corrected chi connectivity index (χ2v) is 18.8. The molecular weight excluding hydrogens is 395 g/mol. The molecule has 0 saturated carbocycles. The van der Waals surface area contributed by atoms with Crippen LogP contribution in [0.5, 0.6) is 0 Å². The summed E-state index contributed by atoms with van der Waals surface area (Å²) in [5.41, 5.74) is 5.33. The summed E-state index contributed by atoms with van der Waals surface area (Å²) < 4.78 is 0. The average Bonchev–Trinajstić information content (AvgIpc) is 2.59. The van der Waals surface area contributed by atoms with Gasteiger partial charge in [-0.05, 0) is 6.92 Å². The Morgan fingerprint density at radius 3 is 1.07 bits per heavy atom. The van der Waals surface area contributed by atoms with E-state index in [1.807, 2.05) is 0 Å². The van der Waals surface area contributed by atoms with E-state index in [-0.39, 0.29) is 0 Å². The van der Waals surface area contributed by atoms with E-state index < -0.39 is 19.5 Å². The molecule has 27 heavy (non-hydrogen) atoms. The molecule has 0 aromatic heterocycles. The van der Waals surface area contributed by atoms with E-state index in [2.05, 4.69) is 25.3 Å². The van der Waals surface area contributed by atoms with Crippen molar-refractivity contribution in [3.63, 3.8) is 0 Å². The minimum atomic E-state index is -1.21. The van der Waals surface area contributed by atoms with Crippen molar-refractivity contribution >= 4 is 19.5 Å². The molecule has 0 unspecified atom stereocenters. The molecule has 164 valence electrons. The number of carboxylic acid groups (broad SMARTS) is 1. The van der Waals surface area contributed by atoms with Crippen molar-refractivity contribution in [1.29, 1.82) is 0 Å². The predicted octanol–water partition coefficient (Wildman–Crippen LogP) is 7.73. The first-order valence-electron chi connectivity index (χ1n) is 11.8. The van der Waals surface area contributed by atoms with Crippen molar-refractivity contribution in [2.24, 2.45) is 0 Å². The van der Waals surface area contributed by atoms with Crippen molar-refractivity contribution < 1.29 is 9.90 Å². The van der Waals surface area contributed by atoms with Gasteiger partial charge in [-0.3, -0.25) is 0 Å². The topological polar surface area (TPSA) is 40.1 Å². The van der Waals surface area contributed by atoms with E-state index in [0.29, 0.717) is 0 Å². The van der Waals surface area contributed by atoms with Crippen LogP contribution in [0.3, 0.4) is 0 Å². The quantitative estimate of drug-likeness (QED) is 0.160. The number of carbonyl (C=O) groups excluding carboxylic acids is 1. The van der Waals surface area contributed by atoms with Gasteiger partial charge in [-0.1, -0.05) is 0 Å². The fourth-order valence-corrected chi connectivity index (χ4v) is 8.46. The van der Waals surface area contributed by atoms with Crippen LogP contribution >= 0.6 is 0 Å². The Labute approximate surface area is 174 Å². The molecule has 0 aromatic carbocycles. The number of carboxylic acids is 1. The fourth-order valence-electron chi connectivity index (χ4n) is 3.46. The van der Waals surface area contributed by atoms with Crippen molar-refractivity contribution in [1.82, 2.24) is 0 Å². The number of hydrogen-bond acceptors (Lipinski definition) is 2. The van der Waals surface area contributed by atoms with Crippen LogP contribution in [0.25, 0.3) is 0 Å². The van der Waals surface area contributed by atoms with Gasteiger partial charge in [0.1, 0.15) is 0 Å². The summed E-state index contributed by atoms with van der Waals surface area (Å²) in [5.74, 6) is -1.08. The van der Waals surface area contributed by atoms with E-state index in [1.54, 1.807) is 10.4 Å². The summed E-state index contributed by atoms with van der Waals surface area (Å²) in [7, 11) is 0. The number of aliphatic carboxylic acids is 1. The van der Waals surface area contributed by atoms with Crippen LogP contribution in [0.4, 0.5) is 0 Å². The summed E-state index contributed by atoms with van der Waals surface area (Å²) in [4.78, 5) is 8.89. The molecule has 0 aliphatic rings. The van der Waals surface area contributed by atoms with Crippen LogP contribution in [0.2, 0.25) is 21.8 Å². The number of carbonyl (C=O) groups is 1. The summed E-state index contributed by atoms with van der Waals surface area (Å²) in [5, 5.41) is 12.1. The van der Waals surface area contributed by atoms with Gasteiger partial charge in [0, 0.05) is 5.97 Å². The Morgan fingerprint density at radius 1 is 0.593 bits per heavy atom. The predicted molar refractivity (Wildman–Crippen MR) is 123 cm³/mol. The zero-order valence-corrected chi connectivity index (χ0v) is 21.4. The molecule has 3 heteroatoms. The van der Waals surface area contributed by atoms with Crippen molar-refractivity contribution in [3.8, 4) is 0 Å². The summed E-state index contributed by atoms with van der Waals surface area (Å²) in [6.07, 6.45) is 23.6. The fraction of sp³-hybridized carbons (Fsp3) is 0.958. The Bertz CT molecular complexity index is 277. The van der Waals surface area contributed by atoms with Gasteiger partial charge in [-0.2, -0.15) is 0 Å². The average molecular weight is 447 g/mol. The Hall–Kier alpha value is 0.0284. The van der Waals surface area contributed by atoms with Crippen molar-refractivity contribution in [2.45, 2.75) is 145 Å². The molecule has 0 aromatic rings. The summed E-state index contributed by atoms with van der Waals surface area (Å²) >= 11 is -1.21. The minimum absolute atomic E-state index is 0.972. The van der Waals surface area contributed by atoms with Crippen LogP contribution < -0.4 is 5.11 Å². The monoisotopic (exact) mass is 446 g/mol. The first kappa shape index (κ1) is 29.2. The second kappa shape index (κ2) is 22.3. The van der Waals surface area contributed by atoms with Crippen molar-refractivity contribution in [2.75, 3.05) is 0 Å². The molecule has 2 nitrogen and oxygen atoms in total. The van der Waals surface area contributed by atoms with Crippen LogP contribution in [0.1, 0.15) is 124 Å². The van der Waals surface area contributed by atoms with Gasteiger partial charge >= 0.3 is 152 Å². The SMILES string of the molecule is CC(=O)[O-].CCCCCCCCCC[As+](C)(C)CCCCCCCCCC. The maximum absolute atomic E-state index is 8.89. The van der Waals surface area contributed by atoms with Gasteiger partial charge in [0.25, 0.3) is 0 Å². The normalized spacial score (nSPS) is 11.1. The first-order chi connectivity index (χ1) is 12.9. The van der Waals surface area contributed by atoms with E-state index in [1.165, 1.54) is 103 Å². The molecular formula is C24H51AsO2. The van der Waals surface area contributed by atoms with Gasteiger partial charge in [-0.15, -0.1) is 0 Å². The molecule has 0 aliphatic carbocycles. The third kappa shape index (κ3) is 31.0. The molecule has 0 rings (SSSR count). The zero-order chi connectivity index (χ0) is 20.8. The van der Waals surface area contributed by atoms with Gasteiger partial charge in [-0.25, -0.2) is 0 Å². The molecule has 0 fully saturated rings. The van der Waals surface area contributed by atoms with E-state index in [4.69, 9.17) is 9.90 Å². The van der Waals surface area contributed by atoms with E-state index in [9.17, 15) is 0 Å². The molecule has 0 saturated heterocycles. The number of hydrogen-bond donors (Lipinski definition) is 0. The van der Waals surface area contributed by atoms with Gasteiger partial charge in [0.2, 0.25) is 0 Å². The van der Waals surface area contributed by atoms with Crippen LogP contribution in [-0.2, 0) is 4.79 Å². The van der Waals surface area contributed by atoms with Crippen molar-refractivity contribution in [3.05, 3.63) is 0 Å².